The van der Waals surface area contributed by atoms with E-state index < -0.39 is 0 Å². The third kappa shape index (κ3) is 3.32. The first-order valence-corrected chi connectivity index (χ1v) is 8.10. The second-order valence-electron chi connectivity index (χ2n) is 5.54. The van der Waals surface area contributed by atoms with Gasteiger partial charge in [-0.05, 0) is 30.9 Å². The molecule has 0 saturated carbocycles. The number of pyridine rings is 1. The molecule has 110 valence electrons. The molecule has 2 aromatic heterocycles. The number of aromatic nitrogens is 3. The van der Waals surface area contributed by atoms with Crippen molar-refractivity contribution in [1.82, 2.24) is 14.5 Å². The van der Waals surface area contributed by atoms with E-state index in [4.69, 9.17) is 11.6 Å². The van der Waals surface area contributed by atoms with Gasteiger partial charge < -0.3 is 4.57 Å². The smallest absolute Gasteiger partial charge is 0.160 e. The van der Waals surface area contributed by atoms with Gasteiger partial charge in [0.25, 0.3) is 0 Å². The standard InChI is InChI=1S/C16H24ClN3/c1-4-6-7-13(5-2)11-20-15(9-17)19-14-8-12(3)10-18-16(14)20/h8,10,13H,4-7,9,11H2,1-3H3. The molecule has 0 aliphatic rings. The van der Waals surface area contributed by atoms with Crippen LogP contribution >= 0.6 is 11.6 Å². The van der Waals surface area contributed by atoms with E-state index in [2.05, 4.69) is 34.4 Å². The van der Waals surface area contributed by atoms with Crippen molar-refractivity contribution in [3.63, 3.8) is 0 Å². The number of nitrogens with zero attached hydrogens (tertiary/aromatic N) is 3. The summed E-state index contributed by atoms with van der Waals surface area (Å²) in [6, 6.07) is 2.09. The molecule has 0 aliphatic heterocycles. The molecule has 1 atom stereocenters. The van der Waals surface area contributed by atoms with E-state index in [1.165, 1.54) is 25.7 Å². The first kappa shape index (κ1) is 15.3. The lowest BCUT2D eigenvalue weighted by Crippen LogP contribution is -2.13. The highest BCUT2D eigenvalue weighted by atomic mass is 35.5. The monoisotopic (exact) mass is 293 g/mol. The van der Waals surface area contributed by atoms with Crippen LogP contribution in [0.15, 0.2) is 12.3 Å². The van der Waals surface area contributed by atoms with Gasteiger partial charge in [0, 0.05) is 12.7 Å². The van der Waals surface area contributed by atoms with E-state index in [0.717, 1.165) is 29.1 Å². The molecule has 4 heteroatoms. The van der Waals surface area contributed by atoms with E-state index in [1.807, 2.05) is 13.1 Å². The number of halogens is 1. The van der Waals surface area contributed by atoms with Crippen LogP contribution in [0.5, 0.6) is 0 Å². The average molecular weight is 294 g/mol. The summed E-state index contributed by atoms with van der Waals surface area (Å²) in [5, 5.41) is 0. The predicted molar refractivity (Wildman–Crippen MR) is 85.1 cm³/mol. The summed E-state index contributed by atoms with van der Waals surface area (Å²) in [5.41, 5.74) is 3.08. The topological polar surface area (TPSA) is 30.7 Å². The molecule has 0 saturated heterocycles. The maximum atomic E-state index is 6.06. The van der Waals surface area contributed by atoms with Gasteiger partial charge in [-0.1, -0.05) is 33.1 Å². The van der Waals surface area contributed by atoms with Crippen LogP contribution in [-0.4, -0.2) is 14.5 Å². The first-order chi connectivity index (χ1) is 9.69. The summed E-state index contributed by atoms with van der Waals surface area (Å²) < 4.78 is 2.21. The predicted octanol–water partition coefficient (Wildman–Crippen LogP) is 4.69. The Bertz CT molecular complexity index is 562. The normalized spacial score (nSPS) is 13.0. The van der Waals surface area contributed by atoms with Crippen LogP contribution in [0.2, 0.25) is 0 Å². The van der Waals surface area contributed by atoms with Crippen LogP contribution in [0.4, 0.5) is 0 Å². The molecular weight excluding hydrogens is 270 g/mol. The molecule has 2 rings (SSSR count). The van der Waals surface area contributed by atoms with Crippen LogP contribution in [0.1, 0.15) is 50.9 Å². The molecule has 1 unspecified atom stereocenters. The summed E-state index contributed by atoms with van der Waals surface area (Å²) in [4.78, 5) is 9.19. The molecule has 0 fully saturated rings. The van der Waals surface area contributed by atoms with Crippen molar-refractivity contribution in [3.05, 3.63) is 23.7 Å². The second kappa shape index (κ2) is 7.07. The van der Waals surface area contributed by atoms with Crippen molar-refractivity contribution in [1.29, 1.82) is 0 Å². The van der Waals surface area contributed by atoms with E-state index in [9.17, 15) is 0 Å². The molecule has 0 spiro atoms. The number of hydrogen-bond acceptors (Lipinski definition) is 2. The number of unbranched alkanes of at least 4 members (excludes halogenated alkanes) is 1. The Morgan fingerprint density at radius 3 is 2.80 bits per heavy atom. The summed E-state index contributed by atoms with van der Waals surface area (Å²) in [7, 11) is 0. The molecule has 0 radical (unpaired) electrons. The van der Waals surface area contributed by atoms with Gasteiger partial charge in [0.15, 0.2) is 5.65 Å². The molecule has 0 bridgehead atoms. The molecule has 0 amide bonds. The van der Waals surface area contributed by atoms with Crippen LogP contribution < -0.4 is 0 Å². The third-order valence-electron chi connectivity index (χ3n) is 3.90. The molecule has 2 aromatic rings. The summed E-state index contributed by atoms with van der Waals surface area (Å²) >= 11 is 6.06. The molecule has 2 heterocycles. The highest BCUT2D eigenvalue weighted by Crippen LogP contribution is 2.22. The van der Waals surface area contributed by atoms with Crippen molar-refractivity contribution in [2.75, 3.05) is 0 Å². The zero-order chi connectivity index (χ0) is 14.5. The van der Waals surface area contributed by atoms with E-state index in [-0.39, 0.29) is 0 Å². The first-order valence-electron chi connectivity index (χ1n) is 7.57. The molecule has 0 aromatic carbocycles. The average Bonchev–Trinajstić information content (AvgIpc) is 2.80. The number of imidazole rings is 1. The van der Waals surface area contributed by atoms with E-state index in [1.54, 1.807) is 0 Å². The molecule has 0 N–H and O–H groups in total. The van der Waals surface area contributed by atoms with Crippen molar-refractivity contribution < 1.29 is 0 Å². The lowest BCUT2D eigenvalue weighted by molar-refractivity contribution is 0.390. The number of alkyl halides is 1. The largest absolute Gasteiger partial charge is 0.311 e. The van der Waals surface area contributed by atoms with Gasteiger partial charge in [-0.3, -0.25) is 0 Å². The van der Waals surface area contributed by atoms with Gasteiger partial charge in [0.1, 0.15) is 11.3 Å². The molecule has 0 aliphatic carbocycles. The quantitative estimate of drug-likeness (QED) is 0.693. The maximum Gasteiger partial charge on any atom is 0.160 e. The highest BCUT2D eigenvalue weighted by molar-refractivity contribution is 6.16. The zero-order valence-corrected chi connectivity index (χ0v) is 13.5. The zero-order valence-electron chi connectivity index (χ0n) is 12.7. The van der Waals surface area contributed by atoms with Crippen LogP contribution in [0.25, 0.3) is 11.2 Å². The fourth-order valence-corrected chi connectivity index (χ4v) is 2.83. The lowest BCUT2D eigenvalue weighted by Gasteiger charge is -2.16. The summed E-state index contributed by atoms with van der Waals surface area (Å²) in [5.74, 6) is 2.06. The van der Waals surface area contributed by atoms with E-state index >= 15 is 0 Å². The fourth-order valence-electron chi connectivity index (χ4n) is 2.63. The maximum absolute atomic E-state index is 6.06. The van der Waals surface area contributed by atoms with Gasteiger partial charge in [-0.2, -0.15) is 0 Å². The van der Waals surface area contributed by atoms with Crippen molar-refractivity contribution in [2.24, 2.45) is 5.92 Å². The van der Waals surface area contributed by atoms with Crippen molar-refractivity contribution in [2.45, 2.75) is 58.9 Å². The van der Waals surface area contributed by atoms with E-state index in [0.29, 0.717) is 11.8 Å². The van der Waals surface area contributed by atoms with Crippen LogP contribution in [0.3, 0.4) is 0 Å². The summed E-state index contributed by atoms with van der Waals surface area (Å²) in [6.07, 6.45) is 6.90. The van der Waals surface area contributed by atoms with Gasteiger partial charge in [0.05, 0.1) is 5.88 Å². The number of fused-ring (bicyclic) bond motifs is 1. The van der Waals surface area contributed by atoms with Gasteiger partial charge in [0.2, 0.25) is 0 Å². The Labute approximate surface area is 126 Å². The Morgan fingerprint density at radius 2 is 2.15 bits per heavy atom. The number of rotatable bonds is 7. The third-order valence-corrected chi connectivity index (χ3v) is 4.14. The van der Waals surface area contributed by atoms with Gasteiger partial charge >= 0.3 is 0 Å². The Balaban J connectivity index is 2.31. The van der Waals surface area contributed by atoms with Crippen LogP contribution in [-0.2, 0) is 12.4 Å². The SMILES string of the molecule is CCCCC(CC)Cn1c(CCl)nc2cc(C)cnc21. The Hall–Kier alpha value is -1.09. The minimum Gasteiger partial charge on any atom is -0.311 e. The number of hydrogen-bond donors (Lipinski definition) is 0. The highest BCUT2D eigenvalue weighted by Gasteiger charge is 2.15. The van der Waals surface area contributed by atoms with Crippen molar-refractivity contribution in [3.8, 4) is 0 Å². The molecule has 20 heavy (non-hydrogen) atoms. The second-order valence-corrected chi connectivity index (χ2v) is 5.81. The van der Waals surface area contributed by atoms with Crippen molar-refractivity contribution >= 4 is 22.8 Å². The molecular formula is C16H24ClN3. The minimum absolute atomic E-state index is 0.444. The van der Waals surface area contributed by atoms with Crippen LogP contribution in [0, 0.1) is 12.8 Å². The van der Waals surface area contributed by atoms with Gasteiger partial charge in [-0.25, -0.2) is 9.97 Å². The Kier molecular flexibility index (Phi) is 5.41. The number of aryl methyl sites for hydroxylation is 1. The fraction of sp³-hybridized carbons (Fsp3) is 0.625. The summed E-state index contributed by atoms with van der Waals surface area (Å²) in [6.45, 7) is 7.53. The lowest BCUT2D eigenvalue weighted by atomic mass is 9.99. The molecule has 3 nitrogen and oxygen atoms in total. The minimum atomic E-state index is 0.444. The van der Waals surface area contributed by atoms with Gasteiger partial charge in [-0.15, -0.1) is 11.6 Å². The Morgan fingerprint density at radius 1 is 1.35 bits per heavy atom.